The van der Waals surface area contributed by atoms with Crippen LogP contribution >= 0.6 is 0 Å². The molecular formula is C19H28N2O4. The fraction of sp³-hybridized carbons (Fsp3) is 0.579. The summed E-state index contributed by atoms with van der Waals surface area (Å²) >= 11 is 0. The minimum atomic E-state index is -0.849. The van der Waals surface area contributed by atoms with Crippen molar-refractivity contribution in [1.82, 2.24) is 10.2 Å². The number of ether oxygens (including phenoxy) is 1. The Balaban J connectivity index is 1.96. The van der Waals surface area contributed by atoms with Gasteiger partial charge < -0.3 is 20.1 Å². The summed E-state index contributed by atoms with van der Waals surface area (Å²) in [6.45, 7) is 5.83. The predicted molar refractivity (Wildman–Crippen MR) is 95.5 cm³/mol. The number of nitrogens with zero attached hydrogens (tertiary/aromatic N) is 1. The summed E-state index contributed by atoms with van der Waals surface area (Å²) < 4.78 is 5.70. The number of rotatable bonds is 7. The van der Waals surface area contributed by atoms with E-state index in [1.54, 1.807) is 4.90 Å². The predicted octanol–water partition coefficient (Wildman–Crippen LogP) is 2.53. The Morgan fingerprint density at radius 3 is 2.68 bits per heavy atom. The smallest absolute Gasteiger partial charge is 0.317 e. The normalized spacial score (nSPS) is 18.8. The first-order valence-electron chi connectivity index (χ1n) is 8.88. The Kier molecular flexibility index (Phi) is 7.25. The average molecular weight is 348 g/mol. The molecule has 0 aliphatic carbocycles. The quantitative estimate of drug-likeness (QED) is 0.794. The summed E-state index contributed by atoms with van der Waals surface area (Å²) in [5.74, 6) is -0.499. The second kappa shape index (κ2) is 9.42. The van der Waals surface area contributed by atoms with Gasteiger partial charge in [-0.25, -0.2) is 4.79 Å². The van der Waals surface area contributed by atoms with Crippen LogP contribution in [0.15, 0.2) is 30.3 Å². The number of hydrogen-bond donors (Lipinski definition) is 2. The lowest BCUT2D eigenvalue weighted by atomic mass is 10.0. The highest BCUT2D eigenvalue weighted by Gasteiger charge is 2.27. The molecule has 1 saturated heterocycles. The van der Waals surface area contributed by atoms with Gasteiger partial charge in [-0.1, -0.05) is 44.2 Å². The van der Waals surface area contributed by atoms with Crippen molar-refractivity contribution in [2.75, 3.05) is 19.7 Å². The summed E-state index contributed by atoms with van der Waals surface area (Å²) in [7, 11) is 0. The van der Waals surface area contributed by atoms with Gasteiger partial charge in [0.15, 0.2) is 0 Å². The standard InChI is InChI=1S/C19H28N2O4/c1-14(2)17-13-21(10-11-25-17)19(24)20-16(8-9-18(22)23)12-15-6-4-3-5-7-15/h3-7,14,16-17H,8-13H2,1-2H3,(H,20,24)(H,22,23). The topological polar surface area (TPSA) is 78.9 Å². The Morgan fingerprint density at radius 1 is 1.32 bits per heavy atom. The van der Waals surface area contributed by atoms with E-state index in [0.717, 1.165) is 5.56 Å². The minimum Gasteiger partial charge on any atom is -0.481 e. The Hall–Kier alpha value is -2.08. The van der Waals surface area contributed by atoms with Crippen molar-refractivity contribution in [3.63, 3.8) is 0 Å². The molecule has 2 atom stereocenters. The van der Waals surface area contributed by atoms with Crippen LogP contribution in [-0.2, 0) is 16.0 Å². The monoisotopic (exact) mass is 348 g/mol. The number of amides is 2. The molecule has 0 aromatic heterocycles. The molecule has 25 heavy (non-hydrogen) atoms. The number of carboxylic acid groups (broad SMARTS) is 1. The molecule has 1 fully saturated rings. The van der Waals surface area contributed by atoms with Gasteiger partial charge in [-0.2, -0.15) is 0 Å². The first-order valence-corrected chi connectivity index (χ1v) is 8.88. The lowest BCUT2D eigenvalue weighted by molar-refractivity contribution is -0.137. The molecule has 0 radical (unpaired) electrons. The van der Waals surface area contributed by atoms with Crippen LogP contribution in [-0.4, -0.2) is 53.8 Å². The molecular weight excluding hydrogens is 320 g/mol. The van der Waals surface area contributed by atoms with Crippen molar-refractivity contribution in [3.8, 4) is 0 Å². The van der Waals surface area contributed by atoms with Crippen LogP contribution < -0.4 is 5.32 Å². The third kappa shape index (κ3) is 6.38. The highest BCUT2D eigenvalue weighted by molar-refractivity contribution is 5.75. The Labute approximate surface area is 149 Å². The van der Waals surface area contributed by atoms with Crippen LogP contribution in [0.4, 0.5) is 4.79 Å². The van der Waals surface area contributed by atoms with E-state index >= 15 is 0 Å². The molecule has 1 aromatic carbocycles. The molecule has 1 aliphatic heterocycles. The van der Waals surface area contributed by atoms with E-state index in [-0.39, 0.29) is 24.6 Å². The zero-order valence-corrected chi connectivity index (χ0v) is 15.0. The van der Waals surface area contributed by atoms with E-state index < -0.39 is 5.97 Å². The number of benzene rings is 1. The van der Waals surface area contributed by atoms with Crippen molar-refractivity contribution < 1.29 is 19.4 Å². The molecule has 2 amide bonds. The van der Waals surface area contributed by atoms with E-state index in [1.807, 2.05) is 30.3 Å². The number of morpholine rings is 1. The van der Waals surface area contributed by atoms with Crippen LogP contribution in [0.3, 0.4) is 0 Å². The van der Waals surface area contributed by atoms with Crippen LogP contribution in [0.1, 0.15) is 32.3 Å². The van der Waals surface area contributed by atoms with Crippen LogP contribution in [0.2, 0.25) is 0 Å². The first-order chi connectivity index (χ1) is 12.0. The van der Waals surface area contributed by atoms with Crippen molar-refractivity contribution in [1.29, 1.82) is 0 Å². The maximum atomic E-state index is 12.6. The fourth-order valence-corrected chi connectivity index (χ4v) is 2.95. The molecule has 1 aliphatic rings. The molecule has 6 nitrogen and oxygen atoms in total. The second-order valence-electron chi connectivity index (χ2n) is 6.87. The molecule has 2 rings (SSSR count). The lowest BCUT2D eigenvalue weighted by Crippen LogP contribution is -2.53. The lowest BCUT2D eigenvalue weighted by Gasteiger charge is -2.35. The number of carbonyl (C=O) groups is 2. The molecule has 0 saturated carbocycles. The van der Waals surface area contributed by atoms with Gasteiger partial charge in [0.2, 0.25) is 0 Å². The molecule has 6 heteroatoms. The first kappa shape index (κ1) is 19.2. The van der Waals surface area contributed by atoms with Gasteiger partial charge in [-0.05, 0) is 24.3 Å². The van der Waals surface area contributed by atoms with Crippen LogP contribution in [0, 0.1) is 5.92 Å². The van der Waals surface area contributed by atoms with Gasteiger partial charge in [-0.3, -0.25) is 4.79 Å². The van der Waals surface area contributed by atoms with E-state index in [0.29, 0.717) is 38.5 Å². The summed E-state index contributed by atoms with van der Waals surface area (Å²) in [6, 6.07) is 9.47. The molecule has 2 unspecified atom stereocenters. The zero-order chi connectivity index (χ0) is 18.2. The highest BCUT2D eigenvalue weighted by atomic mass is 16.5. The number of nitrogens with one attached hydrogen (secondary N) is 1. The van der Waals surface area contributed by atoms with Gasteiger partial charge in [0.25, 0.3) is 0 Å². The van der Waals surface area contributed by atoms with Gasteiger partial charge in [0.1, 0.15) is 0 Å². The number of hydrogen-bond acceptors (Lipinski definition) is 3. The maximum absolute atomic E-state index is 12.6. The summed E-state index contributed by atoms with van der Waals surface area (Å²) in [5, 5.41) is 12.0. The van der Waals surface area contributed by atoms with Crippen molar-refractivity contribution >= 4 is 12.0 Å². The number of carbonyl (C=O) groups excluding carboxylic acids is 1. The van der Waals surface area contributed by atoms with Crippen molar-refractivity contribution in [3.05, 3.63) is 35.9 Å². The van der Waals surface area contributed by atoms with Gasteiger partial charge in [0.05, 0.1) is 12.7 Å². The fourth-order valence-electron chi connectivity index (χ4n) is 2.95. The van der Waals surface area contributed by atoms with Gasteiger partial charge in [0, 0.05) is 25.6 Å². The average Bonchev–Trinajstić information content (AvgIpc) is 2.60. The largest absolute Gasteiger partial charge is 0.481 e. The third-order valence-corrected chi connectivity index (χ3v) is 4.48. The van der Waals surface area contributed by atoms with Crippen molar-refractivity contribution in [2.24, 2.45) is 5.92 Å². The molecule has 2 N–H and O–H groups in total. The van der Waals surface area contributed by atoms with E-state index in [9.17, 15) is 9.59 Å². The van der Waals surface area contributed by atoms with Gasteiger partial charge in [-0.15, -0.1) is 0 Å². The Morgan fingerprint density at radius 2 is 2.04 bits per heavy atom. The van der Waals surface area contributed by atoms with E-state index in [2.05, 4.69) is 19.2 Å². The summed E-state index contributed by atoms with van der Waals surface area (Å²) in [5.41, 5.74) is 1.08. The number of aliphatic carboxylic acids is 1. The Bertz CT molecular complexity index is 562. The van der Waals surface area contributed by atoms with E-state index in [4.69, 9.17) is 9.84 Å². The zero-order valence-electron chi connectivity index (χ0n) is 15.0. The second-order valence-corrected chi connectivity index (χ2v) is 6.87. The van der Waals surface area contributed by atoms with Crippen molar-refractivity contribution in [2.45, 2.75) is 45.3 Å². The molecule has 0 bridgehead atoms. The van der Waals surface area contributed by atoms with E-state index in [1.165, 1.54) is 0 Å². The molecule has 1 heterocycles. The number of carboxylic acids is 1. The number of urea groups is 1. The van der Waals surface area contributed by atoms with Crippen LogP contribution in [0.5, 0.6) is 0 Å². The highest BCUT2D eigenvalue weighted by Crippen LogP contribution is 2.14. The molecule has 1 aromatic rings. The minimum absolute atomic E-state index is 0.0372. The summed E-state index contributed by atoms with van der Waals surface area (Å²) in [4.78, 5) is 25.3. The van der Waals surface area contributed by atoms with Gasteiger partial charge >= 0.3 is 12.0 Å². The molecule has 138 valence electrons. The maximum Gasteiger partial charge on any atom is 0.317 e. The molecule has 0 spiro atoms. The van der Waals surface area contributed by atoms with Crippen LogP contribution in [0.25, 0.3) is 0 Å². The third-order valence-electron chi connectivity index (χ3n) is 4.48. The SMILES string of the molecule is CC(C)C1CN(C(=O)NC(CCC(=O)O)Cc2ccccc2)CCO1. The summed E-state index contributed by atoms with van der Waals surface area (Å²) in [6.07, 6.45) is 1.12.